The molecule has 2 aromatic rings. The number of carbonyl (C=O) groups excluding carboxylic acids is 2. The molecule has 0 radical (unpaired) electrons. The van der Waals surface area contributed by atoms with Gasteiger partial charge in [-0.15, -0.1) is 0 Å². The van der Waals surface area contributed by atoms with Crippen LogP contribution in [0.5, 0.6) is 0 Å². The molecule has 2 aliphatic heterocycles. The standard InChI is InChI=1S/C23H27N3O2/c1-17-15-18-7-2-3-10-21(18)25(17)14-6-12-24-23(28)19-8-4-9-20(16-19)26-13-5-11-22(26)27/h2-4,7-10,16-17H,5-6,11-15H2,1H3,(H,24,28)/t17-/m1/s1. The van der Waals surface area contributed by atoms with E-state index in [4.69, 9.17) is 0 Å². The summed E-state index contributed by atoms with van der Waals surface area (Å²) in [5, 5.41) is 3.02. The molecule has 1 saturated heterocycles. The molecule has 5 heteroatoms. The van der Waals surface area contributed by atoms with E-state index in [2.05, 4.69) is 41.4 Å². The molecule has 0 spiro atoms. The lowest BCUT2D eigenvalue weighted by Crippen LogP contribution is -2.33. The van der Waals surface area contributed by atoms with E-state index in [1.54, 1.807) is 11.0 Å². The normalized spacial score (nSPS) is 18.5. The second-order valence-corrected chi connectivity index (χ2v) is 7.68. The Balaban J connectivity index is 1.30. The number of fused-ring (bicyclic) bond motifs is 1. The van der Waals surface area contributed by atoms with Gasteiger partial charge in [0.05, 0.1) is 0 Å². The molecule has 2 aromatic carbocycles. The van der Waals surface area contributed by atoms with Gasteiger partial charge in [0.25, 0.3) is 5.91 Å². The number of anilines is 2. The Morgan fingerprint density at radius 2 is 2.04 bits per heavy atom. The van der Waals surface area contributed by atoms with Gasteiger partial charge in [0, 0.05) is 49.0 Å². The lowest BCUT2D eigenvalue weighted by Gasteiger charge is -2.25. The minimum absolute atomic E-state index is 0.0802. The van der Waals surface area contributed by atoms with Gasteiger partial charge in [0.15, 0.2) is 0 Å². The van der Waals surface area contributed by atoms with Crippen LogP contribution < -0.4 is 15.1 Å². The van der Waals surface area contributed by atoms with Crippen LogP contribution in [0, 0.1) is 0 Å². The highest BCUT2D eigenvalue weighted by molar-refractivity contribution is 5.99. The topological polar surface area (TPSA) is 52.7 Å². The van der Waals surface area contributed by atoms with Crippen LogP contribution in [-0.2, 0) is 11.2 Å². The molecule has 0 saturated carbocycles. The first-order valence-corrected chi connectivity index (χ1v) is 10.2. The number of nitrogens with zero attached hydrogens (tertiary/aromatic N) is 2. The summed E-state index contributed by atoms with van der Waals surface area (Å²) in [5.74, 6) is 0.0564. The maximum absolute atomic E-state index is 12.5. The zero-order chi connectivity index (χ0) is 19.5. The summed E-state index contributed by atoms with van der Waals surface area (Å²) in [6.07, 6.45) is 3.46. The molecule has 0 unspecified atom stereocenters. The summed E-state index contributed by atoms with van der Waals surface area (Å²) in [5.41, 5.74) is 4.16. The molecule has 1 fully saturated rings. The van der Waals surface area contributed by atoms with Crippen LogP contribution in [0.2, 0.25) is 0 Å². The van der Waals surface area contributed by atoms with E-state index < -0.39 is 0 Å². The number of carbonyl (C=O) groups is 2. The number of amides is 2. The van der Waals surface area contributed by atoms with Crippen molar-refractivity contribution in [3.63, 3.8) is 0 Å². The highest BCUT2D eigenvalue weighted by Gasteiger charge is 2.25. The fraction of sp³-hybridized carbons (Fsp3) is 0.391. The molecule has 1 atom stereocenters. The third kappa shape index (κ3) is 3.75. The number of nitrogens with one attached hydrogen (secondary N) is 1. The molecule has 1 N–H and O–H groups in total. The van der Waals surface area contributed by atoms with Gasteiger partial charge in [-0.25, -0.2) is 0 Å². The number of benzene rings is 2. The molecule has 0 bridgehead atoms. The SMILES string of the molecule is C[C@@H]1Cc2ccccc2N1CCCNC(=O)c1cccc(N2CCCC2=O)c1. The predicted octanol–water partition coefficient (Wildman–Crippen LogP) is 3.38. The lowest BCUT2D eigenvalue weighted by molar-refractivity contribution is -0.117. The van der Waals surface area contributed by atoms with Gasteiger partial charge in [-0.3, -0.25) is 9.59 Å². The van der Waals surface area contributed by atoms with Crippen LogP contribution in [0.3, 0.4) is 0 Å². The Hall–Kier alpha value is -2.82. The Bertz CT molecular complexity index is 880. The third-order valence-corrected chi connectivity index (χ3v) is 5.70. The second kappa shape index (κ2) is 8.05. The summed E-state index contributed by atoms with van der Waals surface area (Å²) in [4.78, 5) is 28.6. The molecule has 0 aliphatic carbocycles. The van der Waals surface area contributed by atoms with Crippen molar-refractivity contribution in [2.75, 3.05) is 29.4 Å². The van der Waals surface area contributed by atoms with Gasteiger partial charge in [-0.05, 0) is 56.0 Å². The van der Waals surface area contributed by atoms with Crippen molar-refractivity contribution in [1.82, 2.24) is 5.32 Å². The largest absolute Gasteiger partial charge is 0.368 e. The summed E-state index contributed by atoms with van der Waals surface area (Å²) in [6, 6.07) is 16.4. The van der Waals surface area contributed by atoms with Crippen LogP contribution >= 0.6 is 0 Å². The van der Waals surface area contributed by atoms with Crippen molar-refractivity contribution in [3.8, 4) is 0 Å². The quantitative estimate of drug-likeness (QED) is 0.785. The van der Waals surface area contributed by atoms with E-state index in [1.165, 1.54) is 11.3 Å². The Morgan fingerprint density at radius 3 is 2.86 bits per heavy atom. The molecular formula is C23H27N3O2. The van der Waals surface area contributed by atoms with Gasteiger partial charge < -0.3 is 15.1 Å². The highest BCUT2D eigenvalue weighted by atomic mass is 16.2. The molecule has 2 aliphatic rings. The minimum atomic E-state index is -0.0802. The molecular weight excluding hydrogens is 350 g/mol. The minimum Gasteiger partial charge on any atom is -0.368 e. The van der Waals surface area contributed by atoms with E-state index in [0.717, 1.165) is 38.0 Å². The molecule has 4 rings (SSSR count). The van der Waals surface area contributed by atoms with Crippen molar-refractivity contribution in [1.29, 1.82) is 0 Å². The zero-order valence-electron chi connectivity index (χ0n) is 16.4. The van der Waals surface area contributed by atoms with Crippen LogP contribution in [0.4, 0.5) is 11.4 Å². The molecule has 146 valence electrons. The van der Waals surface area contributed by atoms with E-state index in [9.17, 15) is 9.59 Å². The van der Waals surface area contributed by atoms with Crippen LogP contribution in [-0.4, -0.2) is 37.5 Å². The Morgan fingerprint density at radius 1 is 1.18 bits per heavy atom. The summed E-state index contributed by atoms with van der Waals surface area (Å²) in [6.45, 7) is 4.56. The van der Waals surface area contributed by atoms with Crippen molar-refractivity contribution in [2.24, 2.45) is 0 Å². The summed E-state index contributed by atoms with van der Waals surface area (Å²) in [7, 11) is 0. The monoisotopic (exact) mass is 377 g/mol. The third-order valence-electron chi connectivity index (χ3n) is 5.70. The number of rotatable bonds is 6. The molecule has 5 nitrogen and oxygen atoms in total. The number of hydrogen-bond acceptors (Lipinski definition) is 3. The maximum Gasteiger partial charge on any atom is 0.251 e. The number of hydrogen-bond donors (Lipinski definition) is 1. The second-order valence-electron chi connectivity index (χ2n) is 7.68. The van der Waals surface area contributed by atoms with Crippen LogP contribution in [0.25, 0.3) is 0 Å². The van der Waals surface area contributed by atoms with E-state index >= 15 is 0 Å². The smallest absolute Gasteiger partial charge is 0.251 e. The predicted molar refractivity (Wildman–Crippen MR) is 112 cm³/mol. The van der Waals surface area contributed by atoms with Crippen molar-refractivity contribution in [2.45, 2.75) is 38.6 Å². The van der Waals surface area contributed by atoms with Gasteiger partial charge >= 0.3 is 0 Å². The first-order chi connectivity index (χ1) is 13.6. The van der Waals surface area contributed by atoms with Crippen LogP contribution in [0.15, 0.2) is 48.5 Å². The Kier molecular flexibility index (Phi) is 5.33. The number of para-hydroxylation sites is 1. The van der Waals surface area contributed by atoms with Gasteiger partial charge in [-0.1, -0.05) is 24.3 Å². The van der Waals surface area contributed by atoms with Gasteiger partial charge in [-0.2, -0.15) is 0 Å². The fourth-order valence-corrected chi connectivity index (χ4v) is 4.26. The zero-order valence-corrected chi connectivity index (χ0v) is 16.4. The van der Waals surface area contributed by atoms with Crippen LogP contribution in [0.1, 0.15) is 42.1 Å². The average molecular weight is 377 g/mol. The van der Waals surface area contributed by atoms with Gasteiger partial charge in [0.2, 0.25) is 5.91 Å². The summed E-state index contributed by atoms with van der Waals surface area (Å²) >= 11 is 0. The first kappa shape index (κ1) is 18.5. The first-order valence-electron chi connectivity index (χ1n) is 10.2. The summed E-state index contributed by atoms with van der Waals surface area (Å²) < 4.78 is 0. The Labute approximate surface area is 166 Å². The highest BCUT2D eigenvalue weighted by Crippen LogP contribution is 2.31. The van der Waals surface area contributed by atoms with E-state index in [0.29, 0.717) is 24.6 Å². The molecule has 0 aromatic heterocycles. The molecule has 28 heavy (non-hydrogen) atoms. The lowest BCUT2D eigenvalue weighted by atomic mass is 10.1. The molecule has 2 amide bonds. The van der Waals surface area contributed by atoms with Crippen molar-refractivity contribution in [3.05, 3.63) is 59.7 Å². The van der Waals surface area contributed by atoms with Crippen molar-refractivity contribution >= 4 is 23.2 Å². The fourth-order valence-electron chi connectivity index (χ4n) is 4.26. The van der Waals surface area contributed by atoms with Crippen molar-refractivity contribution < 1.29 is 9.59 Å². The molecule has 2 heterocycles. The van der Waals surface area contributed by atoms with E-state index in [-0.39, 0.29) is 11.8 Å². The van der Waals surface area contributed by atoms with E-state index in [1.807, 2.05) is 18.2 Å². The maximum atomic E-state index is 12.5. The van der Waals surface area contributed by atoms with Gasteiger partial charge in [0.1, 0.15) is 0 Å². The average Bonchev–Trinajstić information content (AvgIpc) is 3.27.